The van der Waals surface area contributed by atoms with E-state index in [1.165, 1.54) is 128 Å². The van der Waals surface area contributed by atoms with Gasteiger partial charge in [0, 0.05) is 33.8 Å². The molecule has 4 aliphatic rings. The van der Waals surface area contributed by atoms with Gasteiger partial charge >= 0.3 is 0 Å². The number of anilines is 6. The molecule has 0 saturated heterocycles. The number of rotatable bonds is 3. The maximum atomic E-state index is 7.26. The second-order valence-corrected chi connectivity index (χ2v) is 17.6. The highest BCUT2D eigenvalue weighted by Gasteiger charge is 2.47. The summed E-state index contributed by atoms with van der Waals surface area (Å²) in [5.41, 5.74) is 23.0. The van der Waals surface area contributed by atoms with Crippen LogP contribution in [0.5, 0.6) is 0 Å². The number of fused-ring (bicyclic) bond motifs is 8. The fraction of sp³-hybridized carbons (Fsp3) is 0.255. The third-order valence-electron chi connectivity index (χ3n) is 13.0. The van der Waals surface area contributed by atoms with Gasteiger partial charge in [-0.1, -0.05) is 81.4 Å². The summed E-state index contributed by atoms with van der Waals surface area (Å²) in [7, 11) is 0. The molecule has 55 heavy (non-hydrogen) atoms. The Balaban J connectivity index is 1.23. The smallest absolute Gasteiger partial charge is 0.297 e. The highest BCUT2D eigenvalue weighted by molar-refractivity contribution is 7.00. The zero-order valence-corrected chi connectivity index (χ0v) is 32.5. The van der Waals surface area contributed by atoms with Gasteiger partial charge in [-0.25, -0.2) is 0 Å². The lowest BCUT2D eigenvalue weighted by Crippen LogP contribution is -2.61. The molecule has 0 spiro atoms. The van der Waals surface area contributed by atoms with Gasteiger partial charge in [0.1, 0.15) is 5.58 Å². The van der Waals surface area contributed by atoms with Crippen molar-refractivity contribution in [3.63, 3.8) is 0 Å². The van der Waals surface area contributed by atoms with Gasteiger partial charge in [-0.05, 0) is 174 Å². The molecule has 3 heterocycles. The Hall–Kier alpha value is -5.48. The van der Waals surface area contributed by atoms with Gasteiger partial charge in [0.2, 0.25) is 0 Å². The topological polar surface area (TPSA) is 19.6 Å². The number of nitrogens with zero attached hydrogens (tertiary/aromatic N) is 2. The lowest BCUT2D eigenvalue weighted by atomic mass is 9.35. The molecule has 6 aromatic carbocycles. The van der Waals surface area contributed by atoms with Crippen LogP contribution in [0.1, 0.15) is 79.8 Å². The van der Waals surface area contributed by atoms with E-state index in [1.807, 2.05) is 0 Å². The molecule has 0 N–H and O–H groups in total. The van der Waals surface area contributed by atoms with Crippen molar-refractivity contribution in [1.82, 2.24) is 0 Å². The van der Waals surface area contributed by atoms with Gasteiger partial charge in [0.25, 0.3) is 6.71 Å². The first-order valence-corrected chi connectivity index (χ1v) is 20.5. The molecule has 11 rings (SSSR count). The molecule has 0 unspecified atom stereocenters. The maximum absolute atomic E-state index is 7.26. The normalized spacial score (nSPS) is 15.7. The van der Waals surface area contributed by atoms with E-state index in [2.05, 4.69) is 153 Å². The van der Waals surface area contributed by atoms with Gasteiger partial charge < -0.3 is 14.2 Å². The van der Waals surface area contributed by atoms with E-state index in [9.17, 15) is 0 Å². The quantitative estimate of drug-likeness (QED) is 0.170. The van der Waals surface area contributed by atoms with Crippen molar-refractivity contribution in [1.29, 1.82) is 0 Å². The lowest BCUT2D eigenvalue weighted by Gasteiger charge is -2.43. The molecule has 0 bridgehead atoms. The Kier molecular flexibility index (Phi) is 7.34. The van der Waals surface area contributed by atoms with Gasteiger partial charge in [-0.3, -0.25) is 0 Å². The summed E-state index contributed by atoms with van der Waals surface area (Å²) in [5.74, 6) is 0. The van der Waals surface area contributed by atoms with Gasteiger partial charge in [0.15, 0.2) is 0 Å². The molecule has 0 saturated carbocycles. The van der Waals surface area contributed by atoms with Crippen LogP contribution in [0.25, 0.3) is 22.1 Å². The summed E-state index contributed by atoms with van der Waals surface area (Å²) in [6.07, 6.45) is 9.71. The Morgan fingerprint density at radius 1 is 0.564 bits per heavy atom. The molecule has 2 aliphatic heterocycles. The van der Waals surface area contributed by atoms with Crippen molar-refractivity contribution in [3.8, 4) is 11.1 Å². The van der Waals surface area contributed by atoms with E-state index in [4.69, 9.17) is 4.42 Å². The first-order chi connectivity index (χ1) is 26.8. The van der Waals surface area contributed by atoms with Crippen LogP contribution in [0, 0.1) is 6.92 Å². The van der Waals surface area contributed by atoms with Crippen LogP contribution in [0.4, 0.5) is 34.1 Å². The molecule has 0 fully saturated rings. The zero-order valence-electron chi connectivity index (χ0n) is 32.5. The van der Waals surface area contributed by atoms with Crippen molar-refractivity contribution in [3.05, 3.63) is 149 Å². The third kappa shape index (κ3) is 5.17. The minimum atomic E-state index is -0.0618. The molecule has 4 heteroatoms. The third-order valence-corrected chi connectivity index (χ3v) is 13.0. The molecule has 2 aliphatic carbocycles. The van der Waals surface area contributed by atoms with Gasteiger partial charge in [0.05, 0.1) is 11.3 Å². The fourth-order valence-corrected chi connectivity index (χ4v) is 10.2. The number of benzene rings is 6. The Morgan fingerprint density at radius 3 is 1.87 bits per heavy atom. The van der Waals surface area contributed by atoms with Gasteiger partial charge in [-0.15, -0.1) is 0 Å². The van der Waals surface area contributed by atoms with Crippen molar-refractivity contribution in [2.24, 2.45) is 0 Å². The number of hydrogen-bond acceptors (Lipinski definition) is 3. The Labute approximate surface area is 325 Å². The molecule has 1 aromatic heterocycles. The van der Waals surface area contributed by atoms with Crippen LogP contribution in [0.15, 0.2) is 120 Å². The lowest BCUT2D eigenvalue weighted by molar-refractivity contribution is 0.591. The monoisotopic (exact) mass is 714 g/mol. The van der Waals surface area contributed by atoms with E-state index in [0.29, 0.717) is 0 Å². The number of furan rings is 1. The van der Waals surface area contributed by atoms with E-state index in [1.54, 1.807) is 0 Å². The summed E-state index contributed by atoms with van der Waals surface area (Å²) in [5, 5.41) is 1.16. The van der Waals surface area contributed by atoms with E-state index < -0.39 is 0 Å². The molecular weight excluding hydrogens is 667 g/mol. The zero-order chi connectivity index (χ0) is 37.0. The minimum absolute atomic E-state index is 0.00676. The first kappa shape index (κ1) is 32.9. The van der Waals surface area contributed by atoms with Crippen LogP contribution >= 0.6 is 0 Å². The fourth-order valence-electron chi connectivity index (χ4n) is 10.2. The summed E-state index contributed by atoms with van der Waals surface area (Å²) in [4.78, 5) is 5.14. The summed E-state index contributed by atoms with van der Waals surface area (Å²) >= 11 is 0. The van der Waals surface area contributed by atoms with Crippen LogP contribution < -0.4 is 26.4 Å². The van der Waals surface area contributed by atoms with Crippen LogP contribution in [-0.4, -0.2) is 6.71 Å². The molecule has 3 nitrogen and oxygen atoms in total. The van der Waals surface area contributed by atoms with Crippen molar-refractivity contribution >= 4 is 68.4 Å². The van der Waals surface area contributed by atoms with Crippen molar-refractivity contribution < 1.29 is 4.42 Å². The molecular formula is C51H47BN2O. The summed E-state index contributed by atoms with van der Waals surface area (Å²) in [6, 6.07) is 44.2. The Bertz CT molecular complexity index is 2680. The largest absolute Gasteiger partial charge is 0.468 e. The Morgan fingerprint density at radius 2 is 1.20 bits per heavy atom. The average molecular weight is 715 g/mol. The highest BCUT2D eigenvalue weighted by atomic mass is 16.3. The van der Waals surface area contributed by atoms with E-state index >= 15 is 0 Å². The van der Waals surface area contributed by atoms with Crippen molar-refractivity contribution in [2.75, 3.05) is 9.80 Å². The molecule has 0 radical (unpaired) electrons. The van der Waals surface area contributed by atoms with E-state index in [0.717, 1.165) is 29.5 Å². The van der Waals surface area contributed by atoms with Gasteiger partial charge in [-0.2, -0.15) is 0 Å². The first-order valence-electron chi connectivity index (χ1n) is 20.5. The van der Waals surface area contributed by atoms with Crippen LogP contribution in [-0.2, 0) is 31.1 Å². The second-order valence-electron chi connectivity index (χ2n) is 17.6. The molecule has 0 atom stereocenters. The molecule has 0 amide bonds. The standard InChI is InChI=1S/C51H47BN2O/c1-32-26-45-48-46(27-32)54(41-23-19-35-15-9-11-17-37(35)29-41)49-42-30-38(33-12-6-5-7-13-33)20-25-47(42)55-50(49)52(48)43-31-39(51(2,3)4)21-24-44(43)53(45)40-22-18-34-14-8-10-16-36(34)28-40/h5-7,12-13,18-31H,8-11,14-17H2,1-4H3. The SMILES string of the molecule is Cc1cc2c3c(c1)N(c1ccc4c(c1)CCCC4)c1c(oc4ccc(-c5ccccc5)cc14)B3c1cc(C(C)(C)C)ccc1N2c1ccc2c(c1)CCCC2. The number of aryl methyl sites for hydroxylation is 5. The van der Waals surface area contributed by atoms with E-state index in [-0.39, 0.29) is 12.1 Å². The van der Waals surface area contributed by atoms with Crippen LogP contribution in [0.3, 0.4) is 0 Å². The molecule has 270 valence electrons. The predicted molar refractivity (Wildman–Crippen MR) is 232 cm³/mol. The summed E-state index contributed by atoms with van der Waals surface area (Å²) < 4.78 is 7.26. The molecule has 7 aromatic rings. The minimum Gasteiger partial charge on any atom is -0.468 e. The predicted octanol–water partition coefficient (Wildman–Crippen LogP) is 11.5. The van der Waals surface area contributed by atoms with Crippen LogP contribution in [0.2, 0.25) is 0 Å². The number of hydrogen-bond donors (Lipinski definition) is 0. The second kappa shape index (κ2) is 12.3. The maximum Gasteiger partial charge on any atom is 0.297 e. The highest BCUT2D eigenvalue weighted by Crippen LogP contribution is 2.48. The average Bonchev–Trinajstić information content (AvgIpc) is 3.58. The van der Waals surface area contributed by atoms with Crippen molar-refractivity contribution in [2.45, 2.75) is 84.5 Å². The summed E-state index contributed by atoms with van der Waals surface area (Å²) in [6.45, 7) is 9.21.